The fraction of sp³-hybridized carbons (Fsp3) is 0.457. The highest BCUT2D eigenvalue weighted by molar-refractivity contribution is 6.23. The number of ether oxygens (including phenoxy) is 1. The van der Waals surface area contributed by atoms with E-state index >= 15 is 8.78 Å². The number of benzene rings is 2. The molecule has 1 aliphatic heterocycles. The molecular formula is C35H38ClF3N6O2. The summed E-state index contributed by atoms with van der Waals surface area (Å²) in [6, 6.07) is 5.11. The third-order valence-corrected chi connectivity index (χ3v) is 9.33. The van der Waals surface area contributed by atoms with E-state index in [1.807, 2.05) is 4.90 Å². The van der Waals surface area contributed by atoms with Crippen LogP contribution in [0.15, 0.2) is 30.5 Å². The third-order valence-electron chi connectivity index (χ3n) is 9.14. The number of terminal acetylenes is 1. The molecule has 0 bridgehead atoms. The van der Waals surface area contributed by atoms with Gasteiger partial charge in [0.2, 0.25) is 0 Å². The lowest BCUT2D eigenvalue weighted by Gasteiger charge is -2.26. The van der Waals surface area contributed by atoms with Gasteiger partial charge in [-0.2, -0.15) is 18.7 Å². The summed E-state index contributed by atoms with van der Waals surface area (Å²) in [5.74, 6) is 1.70. The summed E-state index contributed by atoms with van der Waals surface area (Å²) >= 11 is 5.88. The van der Waals surface area contributed by atoms with Crippen molar-refractivity contribution in [2.75, 3.05) is 50.8 Å². The fourth-order valence-corrected chi connectivity index (χ4v) is 6.75. The lowest BCUT2D eigenvalue weighted by atomic mass is 9.93. The molecule has 0 amide bonds. The number of phenolic OH excluding ortho intramolecular Hbond substituents is 1. The van der Waals surface area contributed by atoms with Crippen molar-refractivity contribution < 1.29 is 23.0 Å². The molecular weight excluding hydrogens is 629 g/mol. The SMILES string of the molecule is C#Cc1c(F)ccc2cc(O)cc(-c3ncc4c(N(CCN)CCCC)nc(OCC5(CN6CCCC6)CC5)nc4c3C(F)(F)Cl)c12. The smallest absolute Gasteiger partial charge is 0.352 e. The van der Waals surface area contributed by atoms with E-state index in [9.17, 15) is 9.50 Å². The van der Waals surface area contributed by atoms with Gasteiger partial charge in [-0.25, -0.2) is 4.39 Å². The average molecular weight is 667 g/mol. The van der Waals surface area contributed by atoms with E-state index < -0.39 is 16.8 Å². The largest absolute Gasteiger partial charge is 0.508 e. The maximum Gasteiger partial charge on any atom is 0.352 e. The van der Waals surface area contributed by atoms with Crippen molar-refractivity contribution in [1.29, 1.82) is 0 Å². The van der Waals surface area contributed by atoms with Crippen molar-refractivity contribution in [3.63, 3.8) is 0 Å². The first-order valence-corrected chi connectivity index (χ1v) is 16.5. The summed E-state index contributed by atoms with van der Waals surface area (Å²) < 4.78 is 52.6. The van der Waals surface area contributed by atoms with E-state index in [1.54, 1.807) is 0 Å². The number of alkyl halides is 3. The molecule has 0 unspecified atom stereocenters. The predicted octanol–water partition coefficient (Wildman–Crippen LogP) is 6.78. The van der Waals surface area contributed by atoms with Gasteiger partial charge < -0.3 is 25.4 Å². The number of hydrogen-bond donors (Lipinski definition) is 2. The molecule has 4 aromatic rings. The molecule has 6 rings (SSSR count). The van der Waals surface area contributed by atoms with Gasteiger partial charge in [-0.15, -0.1) is 6.42 Å². The summed E-state index contributed by atoms with van der Waals surface area (Å²) in [6.07, 6.45) is 13.1. The zero-order valence-electron chi connectivity index (χ0n) is 26.3. The second kappa shape index (κ2) is 13.3. The molecule has 0 atom stereocenters. The van der Waals surface area contributed by atoms with Crippen LogP contribution in [0.25, 0.3) is 32.9 Å². The minimum absolute atomic E-state index is 0.0142. The van der Waals surface area contributed by atoms with Crippen LogP contribution in [-0.4, -0.2) is 70.8 Å². The highest BCUT2D eigenvalue weighted by Gasteiger charge is 2.45. The number of aromatic hydroxyl groups is 1. The van der Waals surface area contributed by atoms with Crippen LogP contribution in [-0.2, 0) is 5.38 Å². The molecule has 2 aromatic carbocycles. The minimum Gasteiger partial charge on any atom is -0.508 e. The van der Waals surface area contributed by atoms with Crippen LogP contribution < -0.4 is 15.4 Å². The number of unbranched alkanes of at least 4 members (excludes halogenated alkanes) is 1. The Morgan fingerprint density at radius 2 is 1.96 bits per heavy atom. The van der Waals surface area contributed by atoms with Gasteiger partial charge in [0, 0.05) is 48.7 Å². The van der Waals surface area contributed by atoms with Crippen molar-refractivity contribution in [2.45, 2.75) is 50.8 Å². The van der Waals surface area contributed by atoms with Crippen LogP contribution >= 0.6 is 11.6 Å². The van der Waals surface area contributed by atoms with Crippen LogP contribution in [0.1, 0.15) is 56.6 Å². The normalized spacial score (nSPS) is 16.1. The number of halogens is 4. The molecule has 8 nitrogen and oxygen atoms in total. The molecule has 3 N–H and O–H groups in total. The Hall–Kier alpha value is -3.85. The highest BCUT2D eigenvalue weighted by atomic mass is 35.5. The van der Waals surface area contributed by atoms with Gasteiger partial charge in [0.1, 0.15) is 17.4 Å². The number of nitrogens with two attached hydrogens (primary N) is 1. The summed E-state index contributed by atoms with van der Waals surface area (Å²) in [5.41, 5.74) is 4.56. The van der Waals surface area contributed by atoms with E-state index in [0.29, 0.717) is 37.4 Å². The Balaban J connectivity index is 1.56. The maximum atomic E-state index is 15.7. The highest BCUT2D eigenvalue weighted by Crippen LogP contribution is 2.48. The van der Waals surface area contributed by atoms with Crippen molar-refractivity contribution in [2.24, 2.45) is 11.1 Å². The topological polar surface area (TPSA) is 101 Å². The average Bonchev–Trinajstić information content (AvgIpc) is 3.61. The van der Waals surface area contributed by atoms with Gasteiger partial charge in [0.05, 0.1) is 34.3 Å². The molecule has 12 heteroatoms. The quantitative estimate of drug-likeness (QED) is 0.119. The molecule has 248 valence electrons. The molecule has 2 aromatic heterocycles. The van der Waals surface area contributed by atoms with Crippen molar-refractivity contribution in [1.82, 2.24) is 19.9 Å². The van der Waals surface area contributed by atoms with Crippen LogP contribution in [0.3, 0.4) is 0 Å². The second-order valence-electron chi connectivity index (χ2n) is 12.6. The van der Waals surface area contributed by atoms with E-state index in [4.69, 9.17) is 33.5 Å². The van der Waals surface area contributed by atoms with E-state index in [-0.39, 0.29) is 50.3 Å². The summed E-state index contributed by atoms with van der Waals surface area (Å²) in [7, 11) is 0. The summed E-state index contributed by atoms with van der Waals surface area (Å²) in [5, 5.41) is 7.31. The van der Waals surface area contributed by atoms with E-state index in [1.165, 1.54) is 37.2 Å². The van der Waals surface area contributed by atoms with Gasteiger partial charge in [0.25, 0.3) is 0 Å². The Labute approximate surface area is 277 Å². The molecule has 1 aliphatic carbocycles. The summed E-state index contributed by atoms with van der Waals surface area (Å²) in [6.45, 7) is 6.67. The predicted molar refractivity (Wildman–Crippen MR) is 179 cm³/mol. The van der Waals surface area contributed by atoms with E-state index in [2.05, 4.69) is 27.7 Å². The molecule has 2 fully saturated rings. The number of phenols is 1. The molecule has 2 aliphatic rings. The standard InChI is InChI=1S/C35H38ClF3N6O2/c1-3-5-15-45(16-12-40)32-26-19-41-30(25-18-23(46)17-22-8-9-27(37)24(4-2)28(22)25)29(35(36,38)39)31(26)42-33(43-32)47-21-34(10-11-34)20-44-13-6-7-14-44/h2,8-9,17-19,46H,3,5-7,10-16,20-21,40H2,1H3. The first-order valence-electron chi connectivity index (χ1n) is 16.1. The van der Waals surface area contributed by atoms with Crippen LogP contribution in [0.4, 0.5) is 19.0 Å². The number of anilines is 1. The van der Waals surface area contributed by atoms with Gasteiger partial charge in [-0.05, 0) is 80.4 Å². The zero-order valence-corrected chi connectivity index (χ0v) is 27.1. The number of rotatable bonds is 13. The molecule has 1 saturated carbocycles. The van der Waals surface area contributed by atoms with Crippen LogP contribution in [0.5, 0.6) is 11.8 Å². The maximum absolute atomic E-state index is 15.7. The Kier molecular flexibility index (Phi) is 9.38. The molecule has 0 spiro atoms. The van der Waals surface area contributed by atoms with Gasteiger partial charge in [0.15, 0.2) is 0 Å². The van der Waals surface area contributed by atoms with Gasteiger partial charge >= 0.3 is 11.4 Å². The van der Waals surface area contributed by atoms with E-state index in [0.717, 1.165) is 51.4 Å². The van der Waals surface area contributed by atoms with Crippen molar-refractivity contribution in [3.8, 4) is 35.4 Å². The van der Waals surface area contributed by atoms with Gasteiger partial charge in [-0.1, -0.05) is 25.3 Å². The Morgan fingerprint density at radius 3 is 2.62 bits per heavy atom. The monoisotopic (exact) mass is 666 g/mol. The molecule has 3 heterocycles. The number of pyridine rings is 1. The molecule has 1 saturated heterocycles. The first-order chi connectivity index (χ1) is 22.6. The molecule has 0 radical (unpaired) electrons. The Morgan fingerprint density at radius 1 is 1.19 bits per heavy atom. The van der Waals surface area contributed by atoms with Crippen LogP contribution in [0.2, 0.25) is 0 Å². The number of likely N-dealkylation sites (tertiary alicyclic amines) is 1. The number of aromatic nitrogens is 3. The third kappa shape index (κ3) is 6.77. The van der Waals surface area contributed by atoms with Crippen molar-refractivity contribution >= 4 is 39.1 Å². The summed E-state index contributed by atoms with van der Waals surface area (Å²) in [4.78, 5) is 18.1. The lowest BCUT2D eigenvalue weighted by Crippen LogP contribution is -2.32. The number of hydrogen-bond acceptors (Lipinski definition) is 8. The number of nitrogens with zero attached hydrogens (tertiary/aromatic N) is 5. The first kappa shape index (κ1) is 33.1. The molecule has 47 heavy (non-hydrogen) atoms. The minimum atomic E-state index is -4.00. The zero-order chi connectivity index (χ0) is 33.3. The van der Waals surface area contributed by atoms with Gasteiger partial charge in [-0.3, -0.25) is 4.98 Å². The van der Waals surface area contributed by atoms with Crippen LogP contribution in [0, 0.1) is 23.6 Å². The second-order valence-corrected chi connectivity index (χ2v) is 13.1. The number of fused-ring (bicyclic) bond motifs is 2. The fourth-order valence-electron chi connectivity index (χ4n) is 6.57. The Bertz CT molecular complexity index is 1830. The van der Waals surface area contributed by atoms with Crippen molar-refractivity contribution in [3.05, 3.63) is 47.4 Å². The lowest BCUT2D eigenvalue weighted by molar-refractivity contribution is 0.0968.